The Morgan fingerprint density at radius 2 is 1.79 bits per heavy atom. The summed E-state index contributed by atoms with van der Waals surface area (Å²) in [6.45, 7) is 10.1. The van der Waals surface area contributed by atoms with E-state index in [0.29, 0.717) is 6.04 Å². The fraction of sp³-hybridized carbons (Fsp3) is 0.545. The van der Waals surface area contributed by atoms with Gasteiger partial charge in [-0.25, -0.2) is 9.78 Å². The molecule has 1 aromatic carbocycles. The molecule has 1 atom stereocenters. The van der Waals surface area contributed by atoms with Crippen LogP contribution in [0.4, 0.5) is 0 Å². The van der Waals surface area contributed by atoms with Crippen molar-refractivity contribution in [1.29, 1.82) is 0 Å². The third kappa shape index (κ3) is 3.20. The molecule has 2 aromatic heterocycles. The van der Waals surface area contributed by atoms with Crippen molar-refractivity contribution in [2.75, 3.05) is 13.1 Å². The van der Waals surface area contributed by atoms with Crippen LogP contribution in [0, 0.1) is 12.8 Å². The van der Waals surface area contributed by atoms with E-state index in [4.69, 9.17) is 0 Å². The van der Waals surface area contributed by atoms with E-state index in [9.17, 15) is 4.79 Å². The summed E-state index contributed by atoms with van der Waals surface area (Å²) >= 11 is 0. The molecule has 0 unspecified atom stereocenters. The van der Waals surface area contributed by atoms with Gasteiger partial charge in [-0.3, -0.25) is 14.0 Å². The molecule has 0 amide bonds. The molecule has 0 N–H and O–H groups in total. The zero-order valence-corrected chi connectivity index (χ0v) is 17.6. The van der Waals surface area contributed by atoms with Crippen LogP contribution < -0.4 is 5.69 Å². The van der Waals surface area contributed by atoms with Crippen molar-refractivity contribution in [3.05, 3.63) is 40.7 Å². The number of hydrogen-bond acceptors (Lipinski definition) is 3. The maximum atomic E-state index is 12.3. The number of aromatic nitrogens is 4. The normalized spacial score (nSPS) is 17.5. The van der Waals surface area contributed by atoms with Crippen LogP contribution in [0.15, 0.2) is 29.5 Å². The summed E-state index contributed by atoms with van der Waals surface area (Å²) in [6.07, 6.45) is 6.46. The smallest absolute Gasteiger partial charge is 0.328 e. The molecule has 0 radical (unpaired) electrons. The number of rotatable bonds is 4. The zero-order valence-electron chi connectivity index (χ0n) is 17.6. The number of hydrogen-bond donors (Lipinski definition) is 0. The molecule has 0 bridgehead atoms. The van der Waals surface area contributed by atoms with Crippen LogP contribution in [0.2, 0.25) is 0 Å². The standard InChI is InChI=1S/C22H31N5O/c1-15-6-8-26(9-7-15)17(3)13-27-14-23-12-21(27)18-11-20-19(10-16(18)2)24(4)22(28)25(20)5/h10-12,14-15,17H,6-9,13H2,1-5H3/t17-/m1/s1. The Morgan fingerprint density at radius 3 is 2.46 bits per heavy atom. The largest absolute Gasteiger partial charge is 0.329 e. The van der Waals surface area contributed by atoms with Crippen LogP contribution in [0.1, 0.15) is 32.3 Å². The Bertz CT molecular complexity index is 1050. The number of aryl methyl sites for hydroxylation is 3. The highest BCUT2D eigenvalue weighted by Crippen LogP contribution is 2.28. The van der Waals surface area contributed by atoms with Gasteiger partial charge in [0.15, 0.2) is 0 Å². The lowest BCUT2D eigenvalue weighted by molar-refractivity contribution is 0.135. The molecule has 28 heavy (non-hydrogen) atoms. The van der Waals surface area contributed by atoms with Gasteiger partial charge < -0.3 is 4.57 Å². The van der Waals surface area contributed by atoms with Crippen molar-refractivity contribution in [2.45, 2.75) is 46.2 Å². The summed E-state index contributed by atoms with van der Waals surface area (Å²) in [7, 11) is 3.66. The van der Waals surface area contributed by atoms with Crippen molar-refractivity contribution < 1.29 is 0 Å². The topological polar surface area (TPSA) is 48.0 Å². The average molecular weight is 382 g/mol. The van der Waals surface area contributed by atoms with E-state index in [2.05, 4.69) is 47.4 Å². The molecular formula is C22H31N5O. The molecule has 1 fully saturated rings. The molecule has 0 spiro atoms. The van der Waals surface area contributed by atoms with Gasteiger partial charge in [-0.1, -0.05) is 6.92 Å². The zero-order chi connectivity index (χ0) is 20.0. The molecule has 1 aliphatic rings. The van der Waals surface area contributed by atoms with Crippen LogP contribution >= 0.6 is 0 Å². The molecule has 6 nitrogen and oxygen atoms in total. The van der Waals surface area contributed by atoms with E-state index in [1.165, 1.54) is 25.9 Å². The predicted molar refractivity (Wildman–Crippen MR) is 114 cm³/mol. The quantitative estimate of drug-likeness (QED) is 0.697. The summed E-state index contributed by atoms with van der Waals surface area (Å²) in [6, 6.07) is 4.72. The molecule has 3 aromatic rings. The van der Waals surface area contributed by atoms with Gasteiger partial charge >= 0.3 is 5.69 Å². The molecule has 6 heteroatoms. The first-order valence-corrected chi connectivity index (χ1v) is 10.3. The number of piperidine rings is 1. The van der Waals surface area contributed by atoms with Crippen LogP contribution in [-0.4, -0.2) is 42.7 Å². The first kappa shape index (κ1) is 19.0. The third-order valence-electron chi connectivity index (χ3n) is 6.51. The fourth-order valence-corrected chi connectivity index (χ4v) is 4.49. The Balaban J connectivity index is 1.66. The van der Waals surface area contributed by atoms with Crippen molar-refractivity contribution in [2.24, 2.45) is 20.0 Å². The number of likely N-dealkylation sites (tertiary alicyclic amines) is 1. The van der Waals surface area contributed by atoms with Gasteiger partial charge in [-0.15, -0.1) is 0 Å². The lowest BCUT2D eigenvalue weighted by Gasteiger charge is -2.35. The molecule has 1 saturated heterocycles. The van der Waals surface area contributed by atoms with Gasteiger partial charge in [0, 0.05) is 32.2 Å². The highest BCUT2D eigenvalue weighted by molar-refractivity contribution is 5.84. The van der Waals surface area contributed by atoms with Crippen LogP contribution in [0.5, 0.6) is 0 Å². The van der Waals surface area contributed by atoms with E-state index < -0.39 is 0 Å². The summed E-state index contributed by atoms with van der Waals surface area (Å²) in [4.78, 5) is 19.4. The Labute approximate surface area is 166 Å². The average Bonchev–Trinajstić information content (AvgIpc) is 3.21. The first-order valence-electron chi connectivity index (χ1n) is 10.3. The van der Waals surface area contributed by atoms with E-state index >= 15 is 0 Å². The Hall–Kier alpha value is -2.34. The first-order chi connectivity index (χ1) is 13.4. The number of fused-ring (bicyclic) bond motifs is 1. The number of nitrogens with zero attached hydrogens (tertiary/aromatic N) is 5. The summed E-state index contributed by atoms with van der Waals surface area (Å²) in [5.41, 5.74) is 5.36. The molecular weight excluding hydrogens is 350 g/mol. The third-order valence-corrected chi connectivity index (χ3v) is 6.51. The maximum Gasteiger partial charge on any atom is 0.328 e. The van der Waals surface area contributed by atoms with Crippen molar-refractivity contribution in [1.82, 2.24) is 23.6 Å². The second-order valence-corrected chi connectivity index (χ2v) is 8.56. The second-order valence-electron chi connectivity index (χ2n) is 8.56. The number of imidazole rings is 2. The van der Waals surface area contributed by atoms with Crippen molar-refractivity contribution in [3.8, 4) is 11.3 Å². The minimum atomic E-state index is 0.00741. The minimum absolute atomic E-state index is 0.00741. The van der Waals surface area contributed by atoms with Gasteiger partial charge in [0.25, 0.3) is 0 Å². The van der Waals surface area contributed by atoms with E-state index in [1.807, 2.05) is 26.6 Å². The van der Waals surface area contributed by atoms with Crippen LogP contribution in [0.3, 0.4) is 0 Å². The monoisotopic (exact) mass is 381 g/mol. The molecule has 150 valence electrons. The maximum absolute atomic E-state index is 12.3. The second kappa shape index (κ2) is 7.24. The van der Waals surface area contributed by atoms with Crippen LogP contribution in [-0.2, 0) is 20.6 Å². The van der Waals surface area contributed by atoms with Crippen molar-refractivity contribution in [3.63, 3.8) is 0 Å². The van der Waals surface area contributed by atoms with Gasteiger partial charge in [-0.05, 0) is 63.4 Å². The van der Waals surface area contributed by atoms with E-state index in [1.54, 1.807) is 9.13 Å². The minimum Gasteiger partial charge on any atom is -0.329 e. The summed E-state index contributed by atoms with van der Waals surface area (Å²) < 4.78 is 5.69. The van der Waals surface area contributed by atoms with Gasteiger partial charge in [0.2, 0.25) is 0 Å². The highest BCUT2D eigenvalue weighted by Gasteiger charge is 2.22. The molecule has 0 saturated carbocycles. The summed E-state index contributed by atoms with van der Waals surface area (Å²) in [5, 5.41) is 0. The molecule has 3 heterocycles. The van der Waals surface area contributed by atoms with E-state index in [0.717, 1.165) is 40.3 Å². The lowest BCUT2D eigenvalue weighted by Crippen LogP contribution is -2.41. The van der Waals surface area contributed by atoms with Crippen LogP contribution in [0.25, 0.3) is 22.3 Å². The highest BCUT2D eigenvalue weighted by atomic mass is 16.1. The van der Waals surface area contributed by atoms with Gasteiger partial charge in [0.1, 0.15) is 0 Å². The van der Waals surface area contributed by atoms with Gasteiger partial charge in [0.05, 0.1) is 29.3 Å². The Kier molecular flexibility index (Phi) is 4.91. The molecule has 4 rings (SSSR count). The lowest BCUT2D eigenvalue weighted by atomic mass is 9.98. The van der Waals surface area contributed by atoms with Crippen molar-refractivity contribution >= 4 is 11.0 Å². The molecule has 1 aliphatic heterocycles. The van der Waals surface area contributed by atoms with Gasteiger partial charge in [-0.2, -0.15) is 0 Å². The number of benzene rings is 1. The SMILES string of the molecule is Cc1cc2c(cc1-c1cncn1C[C@@H](C)N1CCC(C)CC1)n(C)c(=O)n2C. The Morgan fingerprint density at radius 1 is 1.14 bits per heavy atom. The predicted octanol–water partition coefficient (Wildman–Crippen LogP) is 3.17. The molecule has 0 aliphatic carbocycles. The summed E-state index contributed by atoms with van der Waals surface area (Å²) in [5.74, 6) is 0.846. The van der Waals surface area contributed by atoms with E-state index in [-0.39, 0.29) is 5.69 Å². The fourth-order valence-electron chi connectivity index (χ4n) is 4.49.